The van der Waals surface area contributed by atoms with E-state index >= 15 is 0 Å². The number of hydrogen-bond acceptors (Lipinski definition) is 6. The van der Waals surface area contributed by atoms with Gasteiger partial charge in [-0.1, -0.05) is 32.0 Å². The number of nitrogens with zero attached hydrogens (tertiary/aromatic N) is 3. The van der Waals surface area contributed by atoms with Crippen molar-refractivity contribution in [3.63, 3.8) is 0 Å². The van der Waals surface area contributed by atoms with Gasteiger partial charge in [-0.15, -0.1) is 11.8 Å². The maximum atomic E-state index is 13.2. The SMILES string of the molecule is Cc1ncc(-c2ccc(SCCc3ccc(F)cc3)nc2)c(N2CCC(C)(C)CC2)c1[C@H](OC(C)(C)C)C(=O)O. The highest BCUT2D eigenvalue weighted by Crippen LogP contribution is 2.43. The predicted molar refractivity (Wildman–Crippen MR) is 159 cm³/mol. The number of halogens is 1. The van der Waals surface area contributed by atoms with Gasteiger partial charge in [0.2, 0.25) is 0 Å². The van der Waals surface area contributed by atoms with Gasteiger partial charge in [0.1, 0.15) is 5.82 Å². The molecule has 0 spiro atoms. The molecule has 4 rings (SSSR count). The summed E-state index contributed by atoms with van der Waals surface area (Å²) in [6, 6.07) is 10.6. The van der Waals surface area contributed by atoms with Crippen LogP contribution >= 0.6 is 11.8 Å². The van der Waals surface area contributed by atoms with Crippen molar-refractivity contribution in [3.05, 3.63) is 71.4 Å². The number of benzene rings is 1. The largest absolute Gasteiger partial charge is 0.479 e. The zero-order valence-electron chi connectivity index (χ0n) is 24.3. The first kappa shape index (κ1) is 30.0. The number of carboxylic acid groups (broad SMARTS) is 1. The van der Waals surface area contributed by atoms with Crippen molar-refractivity contribution in [1.29, 1.82) is 0 Å². The van der Waals surface area contributed by atoms with E-state index in [-0.39, 0.29) is 11.2 Å². The molecule has 1 aliphatic rings. The van der Waals surface area contributed by atoms with Crippen LogP contribution in [0.3, 0.4) is 0 Å². The second-order valence-corrected chi connectivity index (χ2v) is 13.3. The Hall–Kier alpha value is -2.97. The van der Waals surface area contributed by atoms with Crippen LogP contribution in [0.2, 0.25) is 0 Å². The monoisotopic (exact) mass is 565 g/mol. The number of thioether (sulfide) groups is 1. The Morgan fingerprint density at radius 2 is 1.77 bits per heavy atom. The van der Waals surface area contributed by atoms with E-state index in [9.17, 15) is 14.3 Å². The van der Waals surface area contributed by atoms with Crippen molar-refractivity contribution in [2.24, 2.45) is 5.41 Å². The molecule has 40 heavy (non-hydrogen) atoms. The summed E-state index contributed by atoms with van der Waals surface area (Å²) >= 11 is 1.65. The Kier molecular flexibility index (Phi) is 9.20. The van der Waals surface area contributed by atoms with Gasteiger partial charge in [0, 0.05) is 53.6 Å². The number of aromatic nitrogens is 2. The predicted octanol–water partition coefficient (Wildman–Crippen LogP) is 7.49. The Morgan fingerprint density at radius 3 is 2.35 bits per heavy atom. The standard InChI is InChI=1S/C32H40FN3O3S/c1-21-27(29(30(37)38)39-31(2,3)4)28(36-16-14-32(5,6)15-17-36)25(20-34-21)23-9-12-26(35-19-23)40-18-13-22-7-10-24(33)11-8-22/h7-12,19-20,29H,13-18H2,1-6H3,(H,37,38)/t29-/m0/s1. The smallest absolute Gasteiger partial charge is 0.337 e. The van der Waals surface area contributed by atoms with Crippen molar-refractivity contribution in [2.45, 2.75) is 77.5 Å². The summed E-state index contributed by atoms with van der Waals surface area (Å²) in [7, 11) is 0. The van der Waals surface area contributed by atoms with E-state index in [1.807, 2.05) is 64.4 Å². The highest BCUT2D eigenvalue weighted by Gasteiger charge is 2.35. The van der Waals surface area contributed by atoms with Crippen molar-refractivity contribution in [1.82, 2.24) is 9.97 Å². The van der Waals surface area contributed by atoms with Gasteiger partial charge in [-0.05, 0) is 76.1 Å². The second kappa shape index (κ2) is 12.3. The summed E-state index contributed by atoms with van der Waals surface area (Å²) in [6.07, 6.45) is 5.36. The lowest BCUT2D eigenvalue weighted by molar-refractivity contribution is -0.160. The quantitative estimate of drug-likeness (QED) is 0.269. The zero-order chi connectivity index (χ0) is 29.1. The molecule has 1 saturated heterocycles. The van der Waals surface area contributed by atoms with Gasteiger partial charge < -0.3 is 14.7 Å². The first-order valence-electron chi connectivity index (χ1n) is 13.8. The lowest BCUT2D eigenvalue weighted by atomic mass is 9.82. The third-order valence-electron chi connectivity index (χ3n) is 7.28. The Balaban J connectivity index is 1.67. The number of hydrogen-bond donors (Lipinski definition) is 1. The van der Waals surface area contributed by atoms with Gasteiger partial charge in [-0.2, -0.15) is 0 Å². The number of rotatable bonds is 9. The zero-order valence-corrected chi connectivity index (χ0v) is 25.1. The van der Waals surface area contributed by atoms with Crippen molar-refractivity contribution >= 4 is 23.4 Å². The summed E-state index contributed by atoms with van der Waals surface area (Å²) in [5, 5.41) is 11.2. The number of aryl methyl sites for hydroxylation is 2. The topological polar surface area (TPSA) is 75.5 Å². The molecule has 1 atom stereocenters. The molecule has 1 fully saturated rings. The van der Waals surface area contributed by atoms with E-state index in [0.717, 1.165) is 65.5 Å². The Morgan fingerprint density at radius 1 is 1.10 bits per heavy atom. The van der Waals surface area contributed by atoms with Crippen LogP contribution in [0.15, 0.2) is 53.8 Å². The molecule has 8 heteroatoms. The first-order valence-corrected chi connectivity index (χ1v) is 14.8. The fourth-order valence-electron chi connectivity index (χ4n) is 4.95. The number of carbonyl (C=O) groups is 1. The molecule has 3 heterocycles. The van der Waals surface area contributed by atoms with E-state index in [0.29, 0.717) is 11.3 Å². The number of piperidine rings is 1. The van der Waals surface area contributed by atoms with Crippen LogP contribution in [0.1, 0.15) is 70.4 Å². The van der Waals surface area contributed by atoms with E-state index in [1.54, 1.807) is 11.8 Å². The second-order valence-electron chi connectivity index (χ2n) is 12.2. The summed E-state index contributed by atoms with van der Waals surface area (Å²) in [5.41, 5.74) is 4.55. The van der Waals surface area contributed by atoms with Crippen molar-refractivity contribution < 1.29 is 19.0 Å². The van der Waals surface area contributed by atoms with E-state index in [2.05, 4.69) is 23.7 Å². The molecular formula is C32H40FN3O3S. The molecule has 1 aliphatic heterocycles. The fraction of sp³-hybridized carbons (Fsp3) is 0.469. The maximum absolute atomic E-state index is 13.2. The molecular weight excluding hydrogens is 525 g/mol. The third-order valence-corrected chi connectivity index (χ3v) is 8.23. The van der Waals surface area contributed by atoms with Gasteiger partial charge in [0.25, 0.3) is 0 Å². The average Bonchev–Trinajstić information content (AvgIpc) is 2.88. The molecule has 0 radical (unpaired) electrons. The maximum Gasteiger partial charge on any atom is 0.337 e. The lowest BCUT2D eigenvalue weighted by Gasteiger charge is -2.40. The van der Waals surface area contributed by atoms with Gasteiger partial charge in [-0.3, -0.25) is 4.98 Å². The van der Waals surface area contributed by atoms with Gasteiger partial charge in [0.05, 0.1) is 16.3 Å². The van der Waals surface area contributed by atoms with Crippen molar-refractivity contribution in [2.75, 3.05) is 23.7 Å². The van der Waals surface area contributed by atoms with Crippen LogP contribution in [-0.2, 0) is 16.0 Å². The molecule has 214 valence electrons. The van der Waals surface area contributed by atoms with Crippen LogP contribution < -0.4 is 4.90 Å². The number of ether oxygens (including phenoxy) is 1. The van der Waals surface area contributed by atoms with E-state index in [4.69, 9.17) is 9.72 Å². The Bertz CT molecular complexity index is 1310. The highest BCUT2D eigenvalue weighted by molar-refractivity contribution is 7.99. The molecule has 0 amide bonds. The minimum Gasteiger partial charge on any atom is -0.479 e. The summed E-state index contributed by atoms with van der Waals surface area (Å²) in [6.45, 7) is 13.7. The van der Waals surface area contributed by atoms with E-state index < -0.39 is 17.7 Å². The summed E-state index contributed by atoms with van der Waals surface area (Å²) in [4.78, 5) is 24.2. The number of pyridine rings is 2. The summed E-state index contributed by atoms with van der Waals surface area (Å²) < 4.78 is 19.3. The van der Waals surface area contributed by atoms with Crippen LogP contribution in [-0.4, -0.2) is 45.5 Å². The first-order chi connectivity index (χ1) is 18.8. The molecule has 2 aromatic heterocycles. The molecule has 1 N–H and O–H groups in total. The number of anilines is 1. The molecule has 1 aromatic carbocycles. The van der Waals surface area contributed by atoms with Crippen LogP contribution in [0.5, 0.6) is 0 Å². The fourth-order valence-corrected chi connectivity index (χ4v) is 5.78. The van der Waals surface area contributed by atoms with Crippen molar-refractivity contribution in [3.8, 4) is 11.1 Å². The molecule has 6 nitrogen and oxygen atoms in total. The third kappa shape index (κ3) is 7.61. The normalized spacial score (nSPS) is 16.1. The van der Waals surface area contributed by atoms with Crippen LogP contribution in [0.4, 0.5) is 10.1 Å². The van der Waals surface area contributed by atoms with Gasteiger partial charge in [-0.25, -0.2) is 14.2 Å². The van der Waals surface area contributed by atoms with Crippen LogP contribution in [0.25, 0.3) is 11.1 Å². The van der Waals surface area contributed by atoms with Crippen LogP contribution in [0, 0.1) is 18.2 Å². The number of aliphatic carboxylic acids is 1. The number of carboxylic acids is 1. The highest BCUT2D eigenvalue weighted by atomic mass is 32.2. The molecule has 0 saturated carbocycles. The summed E-state index contributed by atoms with van der Waals surface area (Å²) in [5.74, 6) is -0.427. The molecule has 0 unspecified atom stereocenters. The average molecular weight is 566 g/mol. The van der Waals surface area contributed by atoms with E-state index in [1.165, 1.54) is 12.1 Å². The Labute approximate surface area is 241 Å². The molecule has 0 aliphatic carbocycles. The minimum absolute atomic E-state index is 0.227. The molecule has 0 bridgehead atoms. The minimum atomic E-state index is -1.15. The molecule has 3 aromatic rings. The lowest BCUT2D eigenvalue weighted by Crippen LogP contribution is -2.39. The van der Waals surface area contributed by atoms with Gasteiger partial charge >= 0.3 is 5.97 Å². The van der Waals surface area contributed by atoms with Gasteiger partial charge in [0.15, 0.2) is 6.10 Å².